The van der Waals surface area contributed by atoms with E-state index in [0.717, 1.165) is 9.87 Å². The topological polar surface area (TPSA) is 84.7 Å². The van der Waals surface area contributed by atoms with Crippen LogP contribution in [-0.2, 0) is 31.4 Å². The molecule has 0 N–H and O–H groups in total. The van der Waals surface area contributed by atoms with Crippen molar-refractivity contribution in [2.45, 2.75) is 23.5 Å². The predicted molar refractivity (Wildman–Crippen MR) is 87.1 cm³/mol. The highest BCUT2D eigenvalue weighted by Crippen LogP contribution is 2.20. The second-order valence-corrected chi connectivity index (χ2v) is 9.68. The van der Waals surface area contributed by atoms with Gasteiger partial charge in [-0.1, -0.05) is 29.8 Å². The molecule has 0 spiro atoms. The molecule has 1 heterocycles. The van der Waals surface area contributed by atoms with Crippen LogP contribution in [0.5, 0.6) is 0 Å². The molecule has 0 aliphatic heterocycles. The van der Waals surface area contributed by atoms with Crippen LogP contribution in [0.15, 0.2) is 45.9 Å². The average Bonchev–Trinajstić information content (AvgIpc) is 2.86. The highest BCUT2D eigenvalue weighted by Gasteiger charge is 2.23. The Kier molecular flexibility index (Phi) is 4.98. The standard InChI is InChI=1S/C15H19NO5S2/c1-12-5-4-6-13(9-12)10-22(17,18)11-14-7-8-15(21-14)23(19,20)16(2)3/h4-9H,10-11H2,1-3H3. The van der Waals surface area contributed by atoms with Crippen LogP contribution in [-0.4, -0.2) is 35.2 Å². The van der Waals surface area contributed by atoms with E-state index in [-0.39, 0.29) is 22.4 Å². The van der Waals surface area contributed by atoms with Gasteiger partial charge in [0.1, 0.15) is 11.5 Å². The van der Waals surface area contributed by atoms with Gasteiger partial charge in [-0.2, -0.15) is 0 Å². The molecule has 0 saturated heterocycles. The molecule has 0 aliphatic rings. The highest BCUT2D eigenvalue weighted by atomic mass is 32.2. The normalized spacial score (nSPS) is 12.7. The Morgan fingerprint density at radius 1 is 1.00 bits per heavy atom. The van der Waals surface area contributed by atoms with Crippen molar-refractivity contribution in [3.8, 4) is 0 Å². The molecule has 126 valence electrons. The van der Waals surface area contributed by atoms with Gasteiger partial charge in [0.05, 0.1) is 5.75 Å². The van der Waals surface area contributed by atoms with Gasteiger partial charge in [0.15, 0.2) is 9.84 Å². The summed E-state index contributed by atoms with van der Waals surface area (Å²) >= 11 is 0. The Hall–Kier alpha value is -1.64. The molecule has 0 atom stereocenters. The lowest BCUT2D eigenvalue weighted by molar-refractivity contribution is 0.406. The van der Waals surface area contributed by atoms with E-state index >= 15 is 0 Å². The Morgan fingerprint density at radius 3 is 2.30 bits per heavy atom. The summed E-state index contributed by atoms with van der Waals surface area (Å²) in [7, 11) is -4.40. The van der Waals surface area contributed by atoms with E-state index in [4.69, 9.17) is 4.42 Å². The number of sulfonamides is 1. The van der Waals surface area contributed by atoms with Gasteiger partial charge in [0.2, 0.25) is 5.09 Å². The van der Waals surface area contributed by atoms with Gasteiger partial charge in [-0.05, 0) is 24.6 Å². The van der Waals surface area contributed by atoms with Gasteiger partial charge in [0.25, 0.3) is 10.0 Å². The van der Waals surface area contributed by atoms with Crippen LogP contribution in [0.1, 0.15) is 16.9 Å². The summed E-state index contributed by atoms with van der Waals surface area (Å²) in [6.45, 7) is 1.89. The quantitative estimate of drug-likeness (QED) is 0.789. The Labute approximate surface area is 136 Å². The van der Waals surface area contributed by atoms with Crippen LogP contribution in [0, 0.1) is 6.92 Å². The van der Waals surface area contributed by atoms with Gasteiger partial charge in [-0.3, -0.25) is 0 Å². The van der Waals surface area contributed by atoms with Gasteiger partial charge in [0, 0.05) is 14.1 Å². The summed E-state index contributed by atoms with van der Waals surface area (Å²) in [5.74, 6) is -0.354. The number of aryl methyl sites for hydroxylation is 1. The summed E-state index contributed by atoms with van der Waals surface area (Å²) in [6, 6.07) is 9.89. The molecule has 23 heavy (non-hydrogen) atoms. The molecular weight excluding hydrogens is 338 g/mol. The number of hydrogen-bond donors (Lipinski definition) is 0. The third kappa shape index (κ3) is 4.43. The lowest BCUT2D eigenvalue weighted by Gasteiger charge is -2.08. The van der Waals surface area contributed by atoms with E-state index < -0.39 is 19.9 Å². The van der Waals surface area contributed by atoms with Crippen LogP contribution in [0.3, 0.4) is 0 Å². The average molecular weight is 357 g/mol. The molecule has 0 saturated carbocycles. The summed E-state index contributed by atoms with van der Waals surface area (Å²) in [5.41, 5.74) is 1.67. The van der Waals surface area contributed by atoms with Crippen LogP contribution in [0.25, 0.3) is 0 Å². The molecule has 0 bridgehead atoms. The van der Waals surface area contributed by atoms with E-state index in [1.807, 2.05) is 19.1 Å². The number of hydrogen-bond acceptors (Lipinski definition) is 5. The molecule has 0 unspecified atom stereocenters. The summed E-state index contributed by atoms with van der Waals surface area (Å²) in [5, 5.41) is -0.261. The lowest BCUT2D eigenvalue weighted by Crippen LogP contribution is -2.21. The largest absolute Gasteiger partial charge is 0.447 e. The number of sulfone groups is 1. The lowest BCUT2D eigenvalue weighted by atomic mass is 10.2. The molecule has 2 aromatic rings. The highest BCUT2D eigenvalue weighted by molar-refractivity contribution is 7.90. The fourth-order valence-corrected chi connectivity index (χ4v) is 4.27. The van der Waals surface area contributed by atoms with Gasteiger partial charge in [-0.25, -0.2) is 21.1 Å². The maximum Gasteiger partial charge on any atom is 0.275 e. The second-order valence-electron chi connectivity index (χ2n) is 5.53. The van der Waals surface area contributed by atoms with E-state index in [0.29, 0.717) is 5.56 Å². The fraction of sp³-hybridized carbons (Fsp3) is 0.333. The number of nitrogens with zero attached hydrogens (tertiary/aromatic N) is 1. The van der Waals surface area contributed by atoms with E-state index in [1.54, 1.807) is 12.1 Å². The van der Waals surface area contributed by atoms with Crippen molar-refractivity contribution < 1.29 is 21.3 Å². The minimum atomic E-state index is -3.70. The maximum absolute atomic E-state index is 12.3. The predicted octanol–water partition coefficient (Wildman–Crippen LogP) is 1.95. The third-order valence-corrected chi connectivity index (χ3v) is 6.39. The first-order valence-electron chi connectivity index (χ1n) is 6.87. The Balaban J connectivity index is 2.17. The first-order valence-corrected chi connectivity index (χ1v) is 10.1. The Morgan fingerprint density at radius 2 is 1.70 bits per heavy atom. The SMILES string of the molecule is Cc1cccc(CS(=O)(=O)Cc2ccc(S(=O)(=O)N(C)C)o2)c1. The first-order chi connectivity index (χ1) is 10.6. The number of furan rings is 1. The molecule has 1 aromatic heterocycles. The maximum atomic E-state index is 12.3. The van der Waals surface area contributed by atoms with E-state index in [9.17, 15) is 16.8 Å². The van der Waals surface area contributed by atoms with E-state index in [2.05, 4.69) is 0 Å². The molecule has 8 heteroatoms. The van der Waals surface area contributed by atoms with Crippen molar-refractivity contribution >= 4 is 19.9 Å². The minimum Gasteiger partial charge on any atom is -0.447 e. The third-order valence-electron chi connectivity index (χ3n) is 3.20. The Bertz CT molecular complexity index is 895. The van der Waals surface area contributed by atoms with Gasteiger partial charge in [-0.15, -0.1) is 0 Å². The van der Waals surface area contributed by atoms with Crippen molar-refractivity contribution in [1.82, 2.24) is 4.31 Å². The zero-order valence-corrected chi connectivity index (χ0v) is 14.8. The summed E-state index contributed by atoms with van der Waals surface area (Å²) < 4.78 is 54.6. The molecule has 0 fully saturated rings. The van der Waals surface area contributed by atoms with Crippen molar-refractivity contribution in [3.05, 3.63) is 53.3 Å². The molecular formula is C15H19NO5S2. The number of rotatable bonds is 6. The molecule has 0 radical (unpaired) electrons. The molecule has 0 aliphatic carbocycles. The first kappa shape index (κ1) is 17.7. The zero-order valence-electron chi connectivity index (χ0n) is 13.2. The zero-order chi connectivity index (χ0) is 17.3. The molecule has 6 nitrogen and oxygen atoms in total. The molecule has 0 amide bonds. The van der Waals surface area contributed by atoms with Crippen LogP contribution >= 0.6 is 0 Å². The minimum absolute atomic E-state index is 0.109. The summed E-state index contributed by atoms with van der Waals surface area (Å²) in [6.07, 6.45) is 0. The van der Waals surface area contributed by atoms with Gasteiger partial charge < -0.3 is 4.42 Å². The van der Waals surface area contributed by atoms with Crippen LogP contribution < -0.4 is 0 Å². The van der Waals surface area contributed by atoms with Gasteiger partial charge >= 0.3 is 0 Å². The monoisotopic (exact) mass is 357 g/mol. The summed E-state index contributed by atoms with van der Waals surface area (Å²) in [4.78, 5) is 0. The van der Waals surface area contributed by atoms with Crippen molar-refractivity contribution in [1.29, 1.82) is 0 Å². The van der Waals surface area contributed by atoms with Crippen molar-refractivity contribution in [2.24, 2.45) is 0 Å². The van der Waals surface area contributed by atoms with E-state index in [1.165, 1.54) is 26.2 Å². The molecule has 2 rings (SSSR count). The second kappa shape index (κ2) is 6.46. The van der Waals surface area contributed by atoms with Crippen LogP contribution in [0.4, 0.5) is 0 Å². The van der Waals surface area contributed by atoms with Crippen molar-refractivity contribution in [3.63, 3.8) is 0 Å². The van der Waals surface area contributed by atoms with Crippen LogP contribution in [0.2, 0.25) is 0 Å². The smallest absolute Gasteiger partial charge is 0.275 e. The fourth-order valence-electron chi connectivity index (χ4n) is 2.08. The molecule has 1 aromatic carbocycles. The van der Waals surface area contributed by atoms with Crippen molar-refractivity contribution in [2.75, 3.05) is 14.1 Å². The number of benzene rings is 1.